The van der Waals surface area contributed by atoms with Crippen molar-refractivity contribution in [3.63, 3.8) is 0 Å². The summed E-state index contributed by atoms with van der Waals surface area (Å²) in [5, 5.41) is 11.9. The van der Waals surface area contributed by atoms with Crippen molar-refractivity contribution < 1.29 is 14.7 Å². The number of rotatable bonds is 9. The predicted octanol–water partition coefficient (Wildman–Crippen LogP) is 3.04. The first-order chi connectivity index (χ1) is 10.5. The highest BCUT2D eigenvalue weighted by Crippen LogP contribution is 2.18. The molecule has 0 saturated heterocycles. The Labute approximate surface area is 132 Å². The minimum Gasteiger partial charge on any atom is -0.480 e. The minimum atomic E-state index is -1.00. The van der Waals surface area contributed by atoms with Crippen LogP contribution in [0.25, 0.3) is 0 Å². The smallest absolute Gasteiger partial charge is 0.326 e. The lowest BCUT2D eigenvalue weighted by molar-refractivity contribution is -0.142. The van der Waals surface area contributed by atoms with Gasteiger partial charge in [-0.25, -0.2) is 4.79 Å². The van der Waals surface area contributed by atoms with Gasteiger partial charge in [-0.3, -0.25) is 4.79 Å². The van der Waals surface area contributed by atoms with Crippen LogP contribution in [0.3, 0.4) is 0 Å². The van der Waals surface area contributed by atoms with Crippen LogP contribution in [0.5, 0.6) is 0 Å². The molecule has 4 nitrogen and oxygen atoms in total. The van der Waals surface area contributed by atoms with Crippen molar-refractivity contribution in [2.75, 3.05) is 0 Å². The number of carboxylic acid groups (broad SMARTS) is 1. The highest BCUT2D eigenvalue weighted by Gasteiger charge is 2.27. The van der Waals surface area contributed by atoms with Crippen LogP contribution in [0.15, 0.2) is 43.0 Å². The van der Waals surface area contributed by atoms with Crippen molar-refractivity contribution in [1.82, 2.24) is 5.32 Å². The molecule has 1 rings (SSSR count). The molecule has 0 heterocycles. The maximum absolute atomic E-state index is 12.5. The average Bonchev–Trinajstić information content (AvgIpc) is 2.49. The number of carbonyl (C=O) groups excluding carboxylic acids is 1. The molecule has 1 aromatic carbocycles. The van der Waals surface area contributed by atoms with E-state index in [1.807, 2.05) is 44.2 Å². The second-order valence-electron chi connectivity index (χ2n) is 5.81. The van der Waals surface area contributed by atoms with E-state index in [9.17, 15) is 14.7 Å². The van der Waals surface area contributed by atoms with Gasteiger partial charge >= 0.3 is 5.97 Å². The fraction of sp³-hybridized carbons (Fsp3) is 0.444. The first-order valence-electron chi connectivity index (χ1n) is 7.63. The van der Waals surface area contributed by atoms with Crippen LogP contribution in [0.2, 0.25) is 0 Å². The summed E-state index contributed by atoms with van der Waals surface area (Å²) >= 11 is 0. The molecule has 1 aromatic rings. The van der Waals surface area contributed by atoms with Crippen molar-refractivity contribution >= 4 is 11.9 Å². The van der Waals surface area contributed by atoms with Gasteiger partial charge < -0.3 is 10.4 Å². The van der Waals surface area contributed by atoms with Crippen LogP contribution in [-0.2, 0) is 16.0 Å². The lowest BCUT2D eigenvalue weighted by atomic mass is 9.88. The SMILES string of the molecule is C=CCCC(NC(=O)C(Cc1ccccc1)C(C)C)C(=O)O. The van der Waals surface area contributed by atoms with E-state index in [1.54, 1.807) is 6.08 Å². The third-order valence-electron chi connectivity index (χ3n) is 3.71. The fourth-order valence-electron chi connectivity index (χ4n) is 2.32. The van der Waals surface area contributed by atoms with Gasteiger partial charge in [-0.05, 0) is 30.7 Å². The highest BCUT2D eigenvalue weighted by atomic mass is 16.4. The van der Waals surface area contributed by atoms with Gasteiger partial charge in [0.15, 0.2) is 0 Å². The van der Waals surface area contributed by atoms with Crippen molar-refractivity contribution in [1.29, 1.82) is 0 Å². The second-order valence-corrected chi connectivity index (χ2v) is 5.81. The molecule has 0 aliphatic carbocycles. The van der Waals surface area contributed by atoms with Crippen LogP contribution in [-0.4, -0.2) is 23.0 Å². The molecule has 22 heavy (non-hydrogen) atoms. The minimum absolute atomic E-state index is 0.133. The molecule has 0 aliphatic heterocycles. The Morgan fingerprint density at radius 2 is 1.91 bits per heavy atom. The van der Waals surface area contributed by atoms with Gasteiger partial charge in [0.05, 0.1) is 0 Å². The molecule has 0 fully saturated rings. The molecule has 0 bridgehead atoms. The number of amides is 1. The van der Waals surface area contributed by atoms with E-state index in [1.165, 1.54) is 0 Å². The normalized spacial score (nSPS) is 13.4. The van der Waals surface area contributed by atoms with Gasteiger partial charge in [-0.15, -0.1) is 6.58 Å². The Hall–Kier alpha value is -2.10. The molecule has 0 saturated carbocycles. The highest BCUT2D eigenvalue weighted by molar-refractivity contribution is 5.85. The Morgan fingerprint density at radius 1 is 1.27 bits per heavy atom. The van der Waals surface area contributed by atoms with Crippen LogP contribution >= 0.6 is 0 Å². The number of benzene rings is 1. The summed E-state index contributed by atoms with van der Waals surface area (Å²) in [7, 11) is 0. The lowest BCUT2D eigenvalue weighted by Gasteiger charge is -2.23. The van der Waals surface area contributed by atoms with Crippen LogP contribution in [0.1, 0.15) is 32.3 Å². The first-order valence-corrected chi connectivity index (χ1v) is 7.63. The molecule has 4 heteroatoms. The summed E-state index contributed by atoms with van der Waals surface area (Å²) in [4.78, 5) is 23.7. The molecule has 2 atom stereocenters. The van der Waals surface area contributed by atoms with Crippen LogP contribution < -0.4 is 5.32 Å². The molecule has 0 aromatic heterocycles. The van der Waals surface area contributed by atoms with Crippen molar-refractivity contribution in [3.8, 4) is 0 Å². The number of allylic oxidation sites excluding steroid dienone is 1. The van der Waals surface area contributed by atoms with Gasteiger partial charge in [0, 0.05) is 5.92 Å². The Kier molecular flexibility index (Phi) is 7.37. The number of hydrogen-bond acceptors (Lipinski definition) is 2. The quantitative estimate of drug-likeness (QED) is 0.689. The summed E-state index contributed by atoms with van der Waals surface area (Å²) in [6.07, 6.45) is 3.19. The van der Waals surface area contributed by atoms with Crippen LogP contribution in [0.4, 0.5) is 0 Å². The number of hydrogen-bond donors (Lipinski definition) is 2. The van der Waals surface area contributed by atoms with E-state index in [2.05, 4.69) is 11.9 Å². The largest absolute Gasteiger partial charge is 0.480 e. The van der Waals surface area contributed by atoms with Crippen molar-refractivity contribution in [2.24, 2.45) is 11.8 Å². The Bertz CT molecular complexity index is 496. The van der Waals surface area contributed by atoms with E-state index >= 15 is 0 Å². The first kappa shape index (κ1) is 18.0. The lowest BCUT2D eigenvalue weighted by Crippen LogP contribution is -2.45. The number of aliphatic carboxylic acids is 1. The van der Waals surface area contributed by atoms with E-state index in [-0.39, 0.29) is 17.7 Å². The molecular formula is C18H25NO3. The van der Waals surface area contributed by atoms with Crippen molar-refractivity contribution in [2.45, 2.75) is 39.2 Å². The van der Waals surface area contributed by atoms with E-state index in [0.717, 1.165) is 5.56 Å². The molecule has 0 aliphatic rings. The molecule has 0 spiro atoms. The maximum atomic E-state index is 12.5. The van der Waals surface area contributed by atoms with Crippen molar-refractivity contribution in [3.05, 3.63) is 48.6 Å². The standard InChI is InChI=1S/C18H25NO3/c1-4-5-11-16(18(21)22)19-17(20)15(13(2)3)12-14-9-7-6-8-10-14/h4,6-10,13,15-16H,1,5,11-12H2,2-3H3,(H,19,20)(H,21,22). The molecular weight excluding hydrogens is 278 g/mol. The predicted molar refractivity (Wildman–Crippen MR) is 87.5 cm³/mol. The van der Waals surface area contributed by atoms with Gasteiger partial charge in [0.25, 0.3) is 0 Å². The van der Waals surface area contributed by atoms with E-state index < -0.39 is 12.0 Å². The zero-order chi connectivity index (χ0) is 16.5. The van der Waals surface area contributed by atoms with Crippen LogP contribution in [0, 0.1) is 11.8 Å². The molecule has 1 amide bonds. The molecule has 2 unspecified atom stereocenters. The van der Waals surface area contributed by atoms with E-state index in [0.29, 0.717) is 19.3 Å². The average molecular weight is 303 g/mol. The number of nitrogens with one attached hydrogen (secondary N) is 1. The summed E-state index contributed by atoms with van der Waals surface area (Å²) < 4.78 is 0. The summed E-state index contributed by atoms with van der Waals surface area (Å²) in [6.45, 7) is 7.54. The molecule has 2 N–H and O–H groups in total. The number of carbonyl (C=O) groups is 2. The monoisotopic (exact) mass is 303 g/mol. The zero-order valence-electron chi connectivity index (χ0n) is 13.3. The second kappa shape index (κ2) is 9.03. The summed E-state index contributed by atoms with van der Waals surface area (Å²) in [5.41, 5.74) is 1.08. The Balaban J connectivity index is 2.75. The summed E-state index contributed by atoms with van der Waals surface area (Å²) in [6, 6.07) is 8.92. The molecule has 0 radical (unpaired) electrons. The van der Waals surface area contributed by atoms with E-state index in [4.69, 9.17) is 0 Å². The summed E-state index contributed by atoms with van der Waals surface area (Å²) in [5.74, 6) is -1.31. The number of carboxylic acids is 1. The Morgan fingerprint density at radius 3 is 2.41 bits per heavy atom. The third kappa shape index (κ3) is 5.72. The fourth-order valence-corrected chi connectivity index (χ4v) is 2.32. The third-order valence-corrected chi connectivity index (χ3v) is 3.71. The molecule has 120 valence electrons. The van der Waals surface area contributed by atoms with Gasteiger partial charge in [-0.1, -0.05) is 50.3 Å². The van der Waals surface area contributed by atoms with Gasteiger partial charge in [0.2, 0.25) is 5.91 Å². The van der Waals surface area contributed by atoms with Gasteiger partial charge in [-0.2, -0.15) is 0 Å². The van der Waals surface area contributed by atoms with Gasteiger partial charge in [0.1, 0.15) is 6.04 Å². The maximum Gasteiger partial charge on any atom is 0.326 e. The topological polar surface area (TPSA) is 66.4 Å². The zero-order valence-corrected chi connectivity index (χ0v) is 13.3.